The van der Waals surface area contributed by atoms with Gasteiger partial charge in [-0.05, 0) is 26.0 Å². The Morgan fingerprint density at radius 1 is 1.45 bits per heavy atom. The van der Waals surface area contributed by atoms with Crippen LogP contribution in [0.4, 0.5) is 10.1 Å². The Kier molecular flexibility index (Phi) is 4.39. The number of benzene rings is 1. The van der Waals surface area contributed by atoms with E-state index in [0.29, 0.717) is 17.6 Å². The summed E-state index contributed by atoms with van der Waals surface area (Å²) in [6.07, 6.45) is 1.31. The van der Waals surface area contributed by atoms with Crippen LogP contribution < -0.4 is 5.32 Å². The maximum atomic E-state index is 13.9. The number of hydrogen-bond donors (Lipinski definition) is 1. The van der Waals surface area contributed by atoms with E-state index < -0.39 is 11.8 Å². The molecule has 0 radical (unpaired) electrons. The molecule has 0 unspecified atom stereocenters. The van der Waals surface area contributed by atoms with E-state index in [-0.39, 0.29) is 22.7 Å². The fourth-order valence-electron chi connectivity index (χ4n) is 1.96. The number of carbonyl (C=O) groups excluding carboxylic acids is 1. The highest BCUT2D eigenvalue weighted by molar-refractivity contribution is 6.31. The summed E-state index contributed by atoms with van der Waals surface area (Å²) in [7, 11) is 0. The van der Waals surface area contributed by atoms with Gasteiger partial charge in [0, 0.05) is 23.2 Å². The lowest BCUT2D eigenvalue weighted by Gasteiger charge is -2.13. The average Bonchev–Trinajstić information content (AvgIpc) is 2.39. The van der Waals surface area contributed by atoms with E-state index in [4.69, 9.17) is 16.3 Å². The minimum absolute atomic E-state index is 0.165. The molecule has 0 atom stereocenters. The molecule has 1 heterocycles. The minimum Gasteiger partial charge on any atom is -0.462 e. The van der Waals surface area contributed by atoms with Crippen molar-refractivity contribution in [1.82, 2.24) is 4.98 Å². The molecule has 6 heteroatoms. The van der Waals surface area contributed by atoms with Crippen molar-refractivity contribution in [3.63, 3.8) is 0 Å². The van der Waals surface area contributed by atoms with Crippen LogP contribution in [0.15, 0.2) is 18.3 Å². The number of esters is 1. The van der Waals surface area contributed by atoms with Crippen molar-refractivity contribution in [3.8, 4) is 0 Å². The van der Waals surface area contributed by atoms with E-state index in [1.807, 2.05) is 6.92 Å². The van der Waals surface area contributed by atoms with Crippen molar-refractivity contribution in [2.75, 3.05) is 18.5 Å². The third kappa shape index (κ3) is 2.67. The number of fused-ring (bicyclic) bond motifs is 1. The summed E-state index contributed by atoms with van der Waals surface area (Å²) in [4.78, 5) is 15.9. The van der Waals surface area contributed by atoms with Crippen LogP contribution in [0, 0.1) is 5.82 Å². The molecular weight excluding hydrogens is 283 g/mol. The number of hydrogen-bond acceptors (Lipinski definition) is 4. The zero-order valence-electron chi connectivity index (χ0n) is 11.2. The largest absolute Gasteiger partial charge is 0.462 e. The van der Waals surface area contributed by atoms with E-state index >= 15 is 0 Å². The smallest absolute Gasteiger partial charge is 0.341 e. The van der Waals surface area contributed by atoms with Gasteiger partial charge in [0.15, 0.2) is 5.82 Å². The summed E-state index contributed by atoms with van der Waals surface area (Å²) < 4.78 is 18.8. The molecule has 0 bridgehead atoms. The lowest BCUT2D eigenvalue weighted by atomic mass is 10.1. The maximum absolute atomic E-state index is 13.9. The fourth-order valence-corrected chi connectivity index (χ4v) is 2.16. The summed E-state index contributed by atoms with van der Waals surface area (Å²) in [5, 5.41) is 3.75. The van der Waals surface area contributed by atoms with Gasteiger partial charge < -0.3 is 10.1 Å². The molecule has 2 rings (SSSR count). The van der Waals surface area contributed by atoms with E-state index in [1.165, 1.54) is 12.3 Å². The van der Waals surface area contributed by atoms with Crippen molar-refractivity contribution in [3.05, 3.63) is 34.7 Å². The van der Waals surface area contributed by atoms with Crippen LogP contribution in [-0.4, -0.2) is 24.1 Å². The van der Waals surface area contributed by atoms with Crippen LogP contribution in [0.25, 0.3) is 10.9 Å². The number of aromatic nitrogens is 1. The number of nitrogens with zero attached hydrogens (tertiary/aromatic N) is 1. The van der Waals surface area contributed by atoms with Crippen molar-refractivity contribution < 1.29 is 13.9 Å². The van der Waals surface area contributed by atoms with Gasteiger partial charge in [0.2, 0.25) is 0 Å². The molecule has 20 heavy (non-hydrogen) atoms. The first-order valence-electron chi connectivity index (χ1n) is 6.27. The number of pyridine rings is 1. The second-order valence-corrected chi connectivity index (χ2v) is 4.52. The monoisotopic (exact) mass is 296 g/mol. The molecule has 2 aromatic rings. The van der Waals surface area contributed by atoms with E-state index in [1.54, 1.807) is 13.0 Å². The van der Waals surface area contributed by atoms with Crippen LogP contribution in [0.2, 0.25) is 5.02 Å². The van der Waals surface area contributed by atoms with Crippen molar-refractivity contribution in [2.24, 2.45) is 0 Å². The summed E-state index contributed by atoms with van der Waals surface area (Å²) in [5.74, 6) is -1.03. The highest BCUT2D eigenvalue weighted by Crippen LogP contribution is 2.30. The predicted molar refractivity (Wildman–Crippen MR) is 76.8 cm³/mol. The van der Waals surface area contributed by atoms with Crippen LogP contribution in [0.5, 0.6) is 0 Å². The van der Waals surface area contributed by atoms with Gasteiger partial charge in [-0.3, -0.25) is 4.98 Å². The molecule has 1 aromatic carbocycles. The Bertz CT molecular complexity index is 661. The van der Waals surface area contributed by atoms with E-state index in [0.717, 1.165) is 0 Å². The quantitative estimate of drug-likeness (QED) is 0.875. The minimum atomic E-state index is -0.526. The van der Waals surface area contributed by atoms with Crippen LogP contribution in [0.1, 0.15) is 24.2 Å². The molecule has 0 fully saturated rings. The fraction of sp³-hybridized carbons (Fsp3) is 0.286. The molecule has 0 aliphatic rings. The summed E-state index contributed by atoms with van der Waals surface area (Å²) in [5.41, 5.74) is 0.915. The third-order valence-corrected chi connectivity index (χ3v) is 2.96. The lowest BCUT2D eigenvalue weighted by molar-refractivity contribution is 0.0527. The lowest BCUT2D eigenvalue weighted by Crippen LogP contribution is -2.11. The number of carbonyl (C=O) groups is 1. The van der Waals surface area contributed by atoms with Gasteiger partial charge in [-0.25, -0.2) is 9.18 Å². The molecule has 106 valence electrons. The Morgan fingerprint density at radius 2 is 2.20 bits per heavy atom. The van der Waals surface area contributed by atoms with Crippen molar-refractivity contribution in [2.45, 2.75) is 13.8 Å². The van der Waals surface area contributed by atoms with Crippen LogP contribution >= 0.6 is 11.6 Å². The van der Waals surface area contributed by atoms with E-state index in [2.05, 4.69) is 10.3 Å². The molecule has 0 spiro atoms. The molecule has 1 aromatic heterocycles. The summed E-state index contributed by atoms with van der Waals surface area (Å²) >= 11 is 5.88. The molecule has 4 nitrogen and oxygen atoms in total. The van der Waals surface area contributed by atoms with Gasteiger partial charge in [0.1, 0.15) is 11.1 Å². The Morgan fingerprint density at radius 3 is 2.85 bits per heavy atom. The van der Waals surface area contributed by atoms with E-state index in [9.17, 15) is 9.18 Å². The predicted octanol–water partition coefficient (Wildman–Crippen LogP) is 3.64. The number of halogens is 2. The second-order valence-electron chi connectivity index (χ2n) is 4.08. The molecule has 1 N–H and O–H groups in total. The van der Waals surface area contributed by atoms with Crippen LogP contribution in [0.3, 0.4) is 0 Å². The molecule has 0 saturated heterocycles. The van der Waals surface area contributed by atoms with Crippen molar-refractivity contribution >= 4 is 34.2 Å². The zero-order valence-corrected chi connectivity index (χ0v) is 11.9. The molecule has 0 aliphatic carbocycles. The summed E-state index contributed by atoms with van der Waals surface area (Å²) in [6, 6.07) is 2.77. The molecule has 0 saturated carbocycles. The Hall–Kier alpha value is -1.88. The third-order valence-electron chi connectivity index (χ3n) is 2.74. The first kappa shape index (κ1) is 14.5. The van der Waals surface area contributed by atoms with Gasteiger partial charge in [0.05, 0.1) is 12.3 Å². The topological polar surface area (TPSA) is 51.2 Å². The molecule has 0 aliphatic heterocycles. The van der Waals surface area contributed by atoms with Gasteiger partial charge in [-0.1, -0.05) is 11.6 Å². The average molecular weight is 297 g/mol. The number of ether oxygens (including phenoxy) is 1. The highest BCUT2D eigenvalue weighted by atomic mass is 35.5. The van der Waals surface area contributed by atoms with Gasteiger partial charge in [0.25, 0.3) is 0 Å². The maximum Gasteiger partial charge on any atom is 0.341 e. The van der Waals surface area contributed by atoms with Gasteiger partial charge in [-0.2, -0.15) is 0 Å². The summed E-state index contributed by atoms with van der Waals surface area (Å²) in [6.45, 7) is 4.42. The Balaban J connectivity index is 2.71. The highest BCUT2D eigenvalue weighted by Gasteiger charge is 2.18. The van der Waals surface area contributed by atoms with Crippen LogP contribution in [-0.2, 0) is 4.74 Å². The second kappa shape index (κ2) is 6.05. The standard InChI is InChI=1S/C14H14ClFN2O2/c1-3-17-12-9-5-8(15)6-11(16)13(9)18-7-10(12)14(19)20-4-2/h5-7H,3-4H2,1-2H3,(H,17,18). The first-order chi connectivity index (χ1) is 9.58. The normalized spacial score (nSPS) is 10.6. The molecular formula is C14H14ClFN2O2. The van der Waals surface area contributed by atoms with Crippen molar-refractivity contribution in [1.29, 1.82) is 0 Å². The zero-order chi connectivity index (χ0) is 14.7. The number of rotatable bonds is 4. The number of nitrogens with one attached hydrogen (secondary N) is 1. The number of anilines is 1. The van der Waals surface area contributed by atoms with Gasteiger partial charge in [-0.15, -0.1) is 0 Å². The first-order valence-corrected chi connectivity index (χ1v) is 6.65. The molecule has 0 amide bonds. The Labute approximate surface area is 120 Å². The van der Waals surface area contributed by atoms with Gasteiger partial charge >= 0.3 is 5.97 Å². The SMILES string of the molecule is CCNc1c(C(=O)OCC)cnc2c(F)cc(Cl)cc12.